The molecule has 0 spiro atoms. The highest BCUT2D eigenvalue weighted by Gasteiger charge is 2.06. The van der Waals surface area contributed by atoms with Crippen LogP contribution in [0.25, 0.3) is 0 Å². The molecule has 0 aromatic carbocycles. The second-order valence-corrected chi connectivity index (χ2v) is 4.08. The zero-order chi connectivity index (χ0) is 13.7. The molecule has 0 atom stereocenters. The Morgan fingerprint density at radius 1 is 1.35 bits per heavy atom. The number of aromatic nitrogens is 3. The number of rotatable bonds is 4. The lowest BCUT2D eigenvalue weighted by Crippen LogP contribution is -2.36. The van der Waals surface area contributed by atoms with E-state index in [0.29, 0.717) is 19.0 Å². The Balaban J connectivity index is 0.00000200. The van der Waals surface area contributed by atoms with Crippen LogP contribution in [0.2, 0.25) is 0 Å². The average Bonchev–Trinajstić information content (AvgIpc) is 3.03. The number of halogens is 1. The van der Waals surface area contributed by atoms with Crippen molar-refractivity contribution in [1.82, 2.24) is 25.4 Å². The molecular weight excluding hydrogens is 371 g/mol. The van der Waals surface area contributed by atoms with Crippen LogP contribution >= 0.6 is 24.0 Å². The molecule has 0 bridgehead atoms. The summed E-state index contributed by atoms with van der Waals surface area (Å²) in [6, 6.07) is 3.77. The third-order valence-electron chi connectivity index (χ3n) is 2.83. The van der Waals surface area contributed by atoms with Crippen molar-refractivity contribution in [2.24, 2.45) is 12.0 Å². The lowest BCUT2D eigenvalue weighted by molar-refractivity contribution is 0.501. The van der Waals surface area contributed by atoms with E-state index < -0.39 is 0 Å². The SMILES string of the molecule is CN=C(NCc1ccco1)NCc1nnc(C)n1C.I. The third-order valence-corrected chi connectivity index (χ3v) is 2.83. The summed E-state index contributed by atoms with van der Waals surface area (Å²) in [5, 5.41) is 14.4. The molecule has 0 saturated carbocycles. The molecule has 2 heterocycles. The van der Waals surface area contributed by atoms with Crippen molar-refractivity contribution in [3.63, 3.8) is 0 Å². The predicted octanol–water partition coefficient (Wildman–Crippen LogP) is 1.20. The van der Waals surface area contributed by atoms with Crippen LogP contribution in [0.3, 0.4) is 0 Å². The van der Waals surface area contributed by atoms with E-state index in [0.717, 1.165) is 17.4 Å². The molecule has 20 heavy (non-hydrogen) atoms. The Morgan fingerprint density at radius 2 is 2.10 bits per heavy atom. The molecule has 0 radical (unpaired) electrons. The van der Waals surface area contributed by atoms with Crippen LogP contribution < -0.4 is 10.6 Å². The van der Waals surface area contributed by atoms with Crippen LogP contribution in [0, 0.1) is 6.92 Å². The number of furan rings is 1. The van der Waals surface area contributed by atoms with E-state index in [-0.39, 0.29) is 24.0 Å². The van der Waals surface area contributed by atoms with Crippen LogP contribution in [0.5, 0.6) is 0 Å². The molecule has 0 aliphatic rings. The zero-order valence-electron chi connectivity index (χ0n) is 11.8. The van der Waals surface area contributed by atoms with E-state index in [4.69, 9.17) is 4.42 Å². The monoisotopic (exact) mass is 390 g/mol. The molecule has 0 unspecified atom stereocenters. The molecule has 2 aromatic rings. The molecule has 8 heteroatoms. The molecule has 2 rings (SSSR count). The summed E-state index contributed by atoms with van der Waals surface area (Å²) in [5.41, 5.74) is 0. The minimum atomic E-state index is 0. The van der Waals surface area contributed by atoms with Crippen molar-refractivity contribution in [2.75, 3.05) is 7.05 Å². The Kier molecular flexibility index (Phi) is 6.49. The van der Waals surface area contributed by atoms with E-state index >= 15 is 0 Å². The van der Waals surface area contributed by atoms with Crippen molar-refractivity contribution in [3.8, 4) is 0 Å². The Hall–Kier alpha value is -1.58. The zero-order valence-corrected chi connectivity index (χ0v) is 14.1. The Labute approximate surface area is 134 Å². The maximum Gasteiger partial charge on any atom is 0.191 e. The second kappa shape index (κ2) is 7.88. The van der Waals surface area contributed by atoms with Crippen LogP contribution in [-0.2, 0) is 20.1 Å². The van der Waals surface area contributed by atoms with Gasteiger partial charge in [-0.05, 0) is 19.1 Å². The van der Waals surface area contributed by atoms with Crippen LogP contribution in [0.4, 0.5) is 0 Å². The van der Waals surface area contributed by atoms with Crippen LogP contribution in [-0.4, -0.2) is 27.8 Å². The maximum absolute atomic E-state index is 5.24. The van der Waals surface area contributed by atoms with Crippen molar-refractivity contribution in [2.45, 2.75) is 20.0 Å². The van der Waals surface area contributed by atoms with Gasteiger partial charge in [-0.2, -0.15) is 0 Å². The molecule has 0 aliphatic heterocycles. The largest absolute Gasteiger partial charge is 0.467 e. The van der Waals surface area contributed by atoms with Gasteiger partial charge in [-0.3, -0.25) is 4.99 Å². The predicted molar refractivity (Wildman–Crippen MR) is 86.9 cm³/mol. The summed E-state index contributed by atoms with van der Waals surface area (Å²) in [5.74, 6) is 3.29. The summed E-state index contributed by atoms with van der Waals surface area (Å²) in [4.78, 5) is 4.13. The minimum absolute atomic E-state index is 0. The van der Waals surface area contributed by atoms with Gasteiger partial charge in [0.25, 0.3) is 0 Å². The fourth-order valence-electron chi connectivity index (χ4n) is 1.57. The molecule has 0 saturated heterocycles. The summed E-state index contributed by atoms with van der Waals surface area (Å²) < 4.78 is 7.18. The number of guanidine groups is 1. The number of nitrogens with zero attached hydrogens (tertiary/aromatic N) is 4. The first kappa shape index (κ1) is 16.5. The molecular formula is C12H19IN6O. The van der Waals surface area contributed by atoms with Gasteiger partial charge < -0.3 is 19.6 Å². The smallest absolute Gasteiger partial charge is 0.191 e. The molecule has 0 fully saturated rings. The molecule has 7 nitrogen and oxygen atoms in total. The van der Waals surface area contributed by atoms with E-state index in [1.54, 1.807) is 13.3 Å². The standard InChI is InChI=1S/C12H18N6O.HI/c1-9-16-17-11(18(9)3)8-15-12(13-2)14-7-10-5-4-6-19-10;/h4-6H,7-8H2,1-3H3,(H2,13,14,15);1H. The average molecular weight is 390 g/mol. The van der Waals surface area contributed by atoms with Gasteiger partial charge in [0.15, 0.2) is 11.8 Å². The third kappa shape index (κ3) is 4.22. The van der Waals surface area contributed by atoms with Crippen molar-refractivity contribution in [3.05, 3.63) is 35.8 Å². The van der Waals surface area contributed by atoms with Gasteiger partial charge in [0.2, 0.25) is 0 Å². The first-order valence-corrected chi connectivity index (χ1v) is 6.02. The Bertz CT molecular complexity index is 548. The topological polar surface area (TPSA) is 80.3 Å². The lowest BCUT2D eigenvalue weighted by atomic mass is 10.4. The summed E-state index contributed by atoms with van der Waals surface area (Å²) >= 11 is 0. The van der Waals surface area contributed by atoms with Gasteiger partial charge in [-0.25, -0.2) is 0 Å². The highest BCUT2D eigenvalue weighted by atomic mass is 127. The Morgan fingerprint density at radius 3 is 2.65 bits per heavy atom. The van der Waals surface area contributed by atoms with E-state index in [1.807, 2.05) is 30.7 Å². The summed E-state index contributed by atoms with van der Waals surface area (Å²) in [7, 11) is 3.66. The summed E-state index contributed by atoms with van der Waals surface area (Å²) in [6.45, 7) is 3.07. The van der Waals surface area contributed by atoms with Crippen molar-refractivity contribution < 1.29 is 4.42 Å². The van der Waals surface area contributed by atoms with Crippen molar-refractivity contribution in [1.29, 1.82) is 0 Å². The number of aryl methyl sites for hydroxylation is 1. The molecule has 2 N–H and O–H groups in total. The van der Waals surface area contributed by atoms with Gasteiger partial charge in [0.1, 0.15) is 11.6 Å². The highest BCUT2D eigenvalue weighted by molar-refractivity contribution is 14.0. The fourth-order valence-corrected chi connectivity index (χ4v) is 1.57. The van der Waals surface area contributed by atoms with Crippen LogP contribution in [0.15, 0.2) is 27.8 Å². The molecule has 0 amide bonds. The highest BCUT2D eigenvalue weighted by Crippen LogP contribution is 1.99. The summed E-state index contributed by atoms with van der Waals surface area (Å²) in [6.07, 6.45) is 1.65. The van der Waals surface area contributed by atoms with E-state index in [1.165, 1.54) is 0 Å². The molecule has 2 aromatic heterocycles. The number of hydrogen-bond acceptors (Lipinski definition) is 4. The molecule has 110 valence electrons. The van der Waals surface area contributed by atoms with Gasteiger partial charge in [-0.1, -0.05) is 0 Å². The minimum Gasteiger partial charge on any atom is -0.467 e. The first-order chi connectivity index (χ1) is 9.20. The maximum atomic E-state index is 5.24. The van der Waals surface area contributed by atoms with Crippen molar-refractivity contribution >= 4 is 29.9 Å². The fraction of sp³-hybridized carbons (Fsp3) is 0.417. The number of aliphatic imine (C=N–C) groups is 1. The number of hydrogen-bond donors (Lipinski definition) is 2. The van der Waals surface area contributed by atoms with E-state index in [9.17, 15) is 0 Å². The number of nitrogens with one attached hydrogen (secondary N) is 2. The normalized spacial score (nSPS) is 11.1. The van der Waals surface area contributed by atoms with Gasteiger partial charge in [0, 0.05) is 14.1 Å². The second-order valence-electron chi connectivity index (χ2n) is 4.08. The lowest BCUT2D eigenvalue weighted by Gasteiger charge is -2.10. The van der Waals surface area contributed by atoms with E-state index in [2.05, 4.69) is 25.8 Å². The van der Waals surface area contributed by atoms with Crippen LogP contribution in [0.1, 0.15) is 17.4 Å². The van der Waals surface area contributed by atoms with Gasteiger partial charge in [0.05, 0.1) is 19.4 Å². The van der Waals surface area contributed by atoms with Gasteiger partial charge in [-0.15, -0.1) is 34.2 Å². The molecule has 0 aliphatic carbocycles. The van der Waals surface area contributed by atoms with Gasteiger partial charge >= 0.3 is 0 Å². The first-order valence-electron chi connectivity index (χ1n) is 6.02. The quantitative estimate of drug-likeness (QED) is 0.466.